The van der Waals surface area contributed by atoms with Crippen molar-refractivity contribution in [2.24, 2.45) is 11.7 Å². The highest BCUT2D eigenvalue weighted by molar-refractivity contribution is 5.85. The molecule has 2 fully saturated rings. The Morgan fingerprint density at radius 3 is 2.58 bits per heavy atom. The topological polar surface area (TPSA) is 64.8 Å². The second-order valence-electron chi connectivity index (χ2n) is 5.33. The van der Waals surface area contributed by atoms with Gasteiger partial charge in [-0.25, -0.2) is 0 Å². The zero-order chi connectivity index (χ0) is 13.0. The summed E-state index contributed by atoms with van der Waals surface area (Å²) >= 11 is 0. The second kappa shape index (κ2) is 8.04. The van der Waals surface area contributed by atoms with Gasteiger partial charge in [-0.3, -0.25) is 4.79 Å². The molecule has 0 saturated carbocycles. The fourth-order valence-corrected chi connectivity index (χ4v) is 2.71. The Hall–Kier alpha value is -0.360. The molecule has 2 rings (SSSR count). The van der Waals surface area contributed by atoms with Crippen LogP contribution in [-0.2, 0) is 14.3 Å². The lowest BCUT2D eigenvalue weighted by atomic mass is 9.91. The summed E-state index contributed by atoms with van der Waals surface area (Å²) in [6, 6.07) is -0.389. The van der Waals surface area contributed by atoms with Gasteiger partial charge in [0.05, 0.1) is 12.1 Å². The van der Waals surface area contributed by atoms with E-state index in [1.165, 1.54) is 0 Å². The smallest absolute Gasteiger partial charge is 0.239 e. The summed E-state index contributed by atoms with van der Waals surface area (Å²) in [7, 11) is 1.82. The predicted molar refractivity (Wildman–Crippen MR) is 75.4 cm³/mol. The summed E-state index contributed by atoms with van der Waals surface area (Å²) in [6.07, 6.45) is 4.12. The third-order valence-electron chi connectivity index (χ3n) is 3.94. The molecular formula is C13H25ClN2O3. The van der Waals surface area contributed by atoms with E-state index in [1.807, 2.05) is 7.05 Å². The van der Waals surface area contributed by atoms with Crippen LogP contribution in [-0.4, -0.2) is 56.4 Å². The Labute approximate surface area is 121 Å². The third-order valence-corrected chi connectivity index (χ3v) is 3.94. The van der Waals surface area contributed by atoms with Crippen molar-refractivity contribution in [1.82, 2.24) is 4.90 Å². The van der Waals surface area contributed by atoms with Gasteiger partial charge in [-0.05, 0) is 31.6 Å². The molecule has 0 aromatic carbocycles. The van der Waals surface area contributed by atoms with E-state index >= 15 is 0 Å². The van der Waals surface area contributed by atoms with Crippen LogP contribution in [0.25, 0.3) is 0 Å². The number of rotatable bonds is 4. The fraction of sp³-hybridized carbons (Fsp3) is 0.923. The Balaban J connectivity index is 0.00000180. The number of hydrogen-bond acceptors (Lipinski definition) is 4. The van der Waals surface area contributed by atoms with Gasteiger partial charge in [-0.2, -0.15) is 0 Å². The van der Waals surface area contributed by atoms with E-state index < -0.39 is 0 Å². The Morgan fingerprint density at radius 1 is 1.32 bits per heavy atom. The van der Waals surface area contributed by atoms with Crippen molar-refractivity contribution in [2.45, 2.75) is 37.8 Å². The standard InChI is InChI=1S/C13H24N2O3.ClH/c1-15(9-11-3-2-6-18-11)13(16)12(14)10-4-7-17-8-5-10;/h10-12H,2-9,14H2,1H3;1H. The average molecular weight is 293 g/mol. The maximum atomic E-state index is 12.2. The number of carbonyl (C=O) groups excluding carboxylic acids is 1. The van der Waals surface area contributed by atoms with Crippen LogP contribution in [0.3, 0.4) is 0 Å². The van der Waals surface area contributed by atoms with Crippen LogP contribution in [0.15, 0.2) is 0 Å². The molecule has 2 aliphatic heterocycles. The summed E-state index contributed by atoms with van der Waals surface area (Å²) in [5.41, 5.74) is 6.08. The van der Waals surface area contributed by atoms with Crippen LogP contribution < -0.4 is 5.73 Å². The molecule has 0 radical (unpaired) electrons. The first-order valence-electron chi connectivity index (χ1n) is 6.88. The van der Waals surface area contributed by atoms with E-state index in [2.05, 4.69) is 0 Å². The Bertz CT molecular complexity index is 279. The van der Waals surface area contributed by atoms with Crippen LogP contribution in [0, 0.1) is 5.92 Å². The maximum absolute atomic E-state index is 12.2. The SMILES string of the molecule is CN(CC1CCCO1)C(=O)C(N)C1CCOCC1.Cl. The summed E-state index contributed by atoms with van der Waals surface area (Å²) in [6.45, 7) is 2.93. The zero-order valence-corrected chi connectivity index (χ0v) is 12.4. The van der Waals surface area contributed by atoms with Crippen molar-refractivity contribution in [3.63, 3.8) is 0 Å². The molecule has 5 nitrogen and oxygen atoms in total. The Morgan fingerprint density at radius 2 is 2.00 bits per heavy atom. The highest BCUT2D eigenvalue weighted by atomic mass is 35.5. The zero-order valence-electron chi connectivity index (χ0n) is 11.5. The number of halogens is 1. The lowest BCUT2D eigenvalue weighted by Crippen LogP contribution is -2.49. The van der Waals surface area contributed by atoms with E-state index in [-0.39, 0.29) is 36.4 Å². The lowest BCUT2D eigenvalue weighted by molar-refractivity contribution is -0.134. The Kier molecular flexibility index (Phi) is 7.07. The van der Waals surface area contributed by atoms with Crippen molar-refractivity contribution in [1.29, 1.82) is 0 Å². The molecule has 2 heterocycles. The van der Waals surface area contributed by atoms with Crippen molar-refractivity contribution < 1.29 is 14.3 Å². The highest BCUT2D eigenvalue weighted by Crippen LogP contribution is 2.19. The number of amides is 1. The van der Waals surface area contributed by atoms with Crippen molar-refractivity contribution in [3.8, 4) is 0 Å². The summed E-state index contributed by atoms with van der Waals surface area (Å²) in [5.74, 6) is 0.301. The highest BCUT2D eigenvalue weighted by Gasteiger charge is 2.30. The predicted octanol–water partition coefficient (Wildman–Crippen LogP) is 0.799. The number of carbonyl (C=O) groups is 1. The van der Waals surface area contributed by atoms with Gasteiger partial charge in [-0.1, -0.05) is 0 Å². The van der Waals surface area contributed by atoms with E-state index in [9.17, 15) is 4.79 Å². The summed E-state index contributed by atoms with van der Waals surface area (Å²) in [4.78, 5) is 14.0. The van der Waals surface area contributed by atoms with E-state index in [0.29, 0.717) is 6.54 Å². The minimum Gasteiger partial charge on any atom is -0.381 e. The number of hydrogen-bond donors (Lipinski definition) is 1. The van der Waals surface area contributed by atoms with Crippen LogP contribution in [0.1, 0.15) is 25.7 Å². The minimum absolute atomic E-state index is 0. The molecule has 2 unspecified atom stereocenters. The van der Waals surface area contributed by atoms with Gasteiger partial charge >= 0.3 is 0 Å². The molecule has 112 valence electrons. The molecular weight excluding hydrogens is 268 g/mol. The fourth-order valence-electron chi connectivity index (χ4n) is 2.71. The molecule has 2 aliphatic rings. The van der Waals surface area contributed by atoms with E-state index in [0.717, 1.165) is 45.5 Å². The molecule has 19 heavy (non-hydrogen) atoms. The third kappa shape index (κ3) is 4.60. The minimum atomic E-state index is -0.389. The first-order chi connectivity index (χ1) is 8.68. The quantitative estimate of drug-likeness (QED) is 0.832. The van der Waals surface area contributed by atoms with Gasteiger partial charge in [-0.15, -0.1) is 12.4 Å². The molecule has 0 bridgehead atoms. The normalized spacial score (nSPS) is 25.7. The molecule has 0 aromatic heterocycles. The summed E-state index contributed by atoms with van der Waals surface area (Å²) in [5, 5.41) is 0. The van der Waals surface area contributed by atoms with Crippen LogP contribution in [0.4, 0.5) is 0 Å². The van der Waals surface area contributed by atoms with Gasteiger partial charge in [0.1, 0.15) is 0 Å². The molecule has 2 N–H and O–H groups in total. The maximum Gasteiger partial charge on any atom is 0.239 e. The molecule has 1 amide bonds. The monoisotopic (exact) mass is 292 g/mol. The number of nitrogens with two attached hydrogens (primary N) is 1. The van der Waals surface area contributed by atoms with Crippen molar-refractivity contribution in [3.05, 3.63) is 0 Å². The van der Waals surface area contributed by atoms with Crippen molar-refractivity contribution in [2.75, 3.05) is 33.4 Å². The molecule has 2 saturated heterocycles. The lowest BCUT2D eigenvalue weighted by Gasteiger charge is -2.30. The first kappa shape index (κ1) is 16.7. The van der Waals surface area contributed by atoms with Gasteiger partial charge < -0.3 is 20.1 Å². The van der Waals surface area contributed by atoms with Crippen LogP contribution in [0.5, 0.6) is 0 Å². The van der Waals surface area contributed by atoms with Crippen LogP contribution in [0.2, 0.25) is 0 Å². The van der Waals surface area contributed by atoms with E-state index in [4.69, 9.17) is 15.2 Å². The molecule has 0 aromatic rings. The van der Waals surface area contributed by atoms with Gasteiger partial charge in [0.25, 0.3) is 0 Å². The first-order valence-corrected chi connectivity index (χ1v) is 6.88. The number of ether oxygens (including phenoxy) is 2. The van der Waals surface area contributed by atoms with Gasteiger partial charge in [0.2, 0.25) is 5.91 Å². The van der Waals surface area contributed by atoms with Gasteiger partial charge in [0.15, 0.2) is 0 Å². The molecule has 0 aliphatic carbocycles. The second-order valence-corrected chi connectivity index (χ2v) is 5.33. The van der Waals surface area contributed by atoms with Gasteiger partial charge in [0, 0.05) is 33.4 Å². The largest absolute Gasteiger partial charge is 0.381 e. The summed E-state index contributed by atoms with van der Waals surface area (Å²) < 4.78 is 10.8. The van der Waals surface area contributed by atoms with E-state index in [1.54, 1.807) is 4.90 Å². The number of likely N-dealkylation sites (N-methyl/N-ethyl adjacent to an activating group) is 1. The van der Waals surface area contributed by atoms with Crippen molar-refractivity contribution >= 4 is 18.3 Å². The molecule has 0 spiro atoms. The molecule has 2 atom stereocenters. The average Bonchev–Trinajstić information content (AvgIpc) is 2.91. The molecule has 6 heteroatoms. The number of nitrogens with zero attached hydrogens (tertiary/aromatic N) is 1. The van der Waals surface area contributed by atoms with Crippen LogP contribution >= 0.6 is 12.4 Å².